The van der Waals surface area contributed by atoms with Crippen LogP contribution >= 0.6 is 11.3 Å². The normalized spacial score (nSPS) is 17.4. The zero-order valence-electron chi connectivity index (χ0n) is 28.0. The number of piperidine rings is 1. The van der Waals surface area contributed by atoms with E-state index in [2.05, 4.69) is 21.6 Å². The second-order valence-electron chi connectivity index (χ2n) is 12.2. The number of aliphatic hydroxyl groups is 1. The van der Waals surface area contributed by atoms with E-state index in [1.54, 1.807) is 12.1 Å². The summed E-state index contributed by atoms with van der Waals surface area (Å²) in [6.07, 6.45) is 7.92. The quantitative estimate of drug-likeness (QED) is 0.171. The molecule has 0 unspecified atom stereocenters. The summed E-state index contributed by atoms with van der Waals surface area (Å²) >= 11 is 1.28. The molecule has 51 heavy (non-hydrogen) atoms. The molecule has 2 saturated heterocycles. The summed E-state index contributed by atoms with van der Waals surface area (Å²) in [4.78, 5) is 44.5. The van der Waals surface area contributed by atoms with Crippen molar-refractivity contribution in [3.05, 3.63) is 71.4 Å². The number of aliphatic hydroxyl groups excluding tert-OH is 1. The molecule has 0 saturated carbocycles. The van der Waals surface area contributed by atoms with E-state index in [4.69, 9.17) is 29.8 Å². The van der Waals surface area contributed by atoms with Gasteiger partial charge in [-0.05, 0) is 62.1 Å². The second-order valence-corrected chi connectivity index (χ2v) is 13.2. The molecule has 16 heteroatoms. The number of hydrogen-bond acceptors (Lipinski definition) is 12. The zero-order valence-corrected chi connectivity index (χ0v) is 28.8. The molecule has 2 atom stereocenters. The van der Waals surface area contributed by atoms with Crippen LogP contribution in [-0.2, 0) is 16.0 Å². The Morgan fingerprint density at radius 2 is 1.82 bits per heavy atom. The number of nitrogens with one attached hydrogen (secondary N) is 2. The van der Waals surface area contributed by atoms with Crippen molar-refractivity contribution in [2.45, 2.75) is 50.8 Å². The predicted octanol–water partition coefficient (Wildman–Crippen LogP) is 3.76. The van der Waals surface area contributed by atoms with Gasteiger partial charge in [-0.1, -0.05) is 18.3 Å². The standard InChI is InChI=1S/C34H35FN10O2S.CH2O2/c1-3-26-32(43(2)34-42-30(28(15-36)48-34)20-4-7-23(35)8-5-20)45-19-21(6-9-29(45)41-26)22-16-38-33(39-17-22)44-12-10-24(11-13-44)40-31(47)27-14-25(46)18-37-27;2-1-3/h4-9,16-17,19,24-25,27,37,46H,3,10-14,18H2,1-2H3,(H,40,47);1H,(H,2,3)/t25-,27-;/m1./s1. The van der Waals surface area contributed by atoms with Gasteiger partial charge >= 0.3 is 0 Å². The largest absolute Gasteiger partial charge is 0.483 e. The van der Waals surface area contributed by atoms with Gasteiger partial charge < -0.3 is 30.6 Å². The third-order valence-corrected chi connectivity index (χ3v) is 9.99. The summed E-state index contributed by atoms with van der Waals surface area (Å²) < 4.78 is 15.6. The minimum absolute atomic E-state index is 0.0470. The summed E-state index contributed by atoms with van der Waals surface area (Å²) in [7, 11) is 1.91. The van der Waals surface area contributed by atoms with Gasteiger partial charge in [0.15, 0.2) is 5.13 Å². The number of rotatable bonds is 8. The number of benzene rings is 1. The Morgan fingerprint density at radius 3 is 2.45 bits per heavy atom. The van der Waals surface area contributed by atoms with E-state index in [9.17, 15) is 19.6 Å². The van der Waals surface area contributed by atoms with Crippen molar-refractivity contribution >= 4 is 46.3 Å². The number of hydrogen-bond donors (Lipinski definition) is 4. The van der Waals surface area contributed by atoms with Gasteiger partial charge in [-0.25, -0.2) is 24.3 Å². The maximum atomic E-state index is 13.6. The number of β-amino-alcohol motifs (C(OH)–C–C–N with tert-alkyl or cyclic N) is 1. The number of amides is 1. The van der Waals surface area contributed by atoms with Gasteiger partial charge in [-0.2, -0.15) is 5.26 Å². The highest BCUT2D eigenvalue weighted by atomic mass is 32.1. The number of aromatic nitrogens is 5. The van der Waals surface area contributed by atoms with Crippen molar-refractivity contribution in [2.24, 2.45) is 0 Å². The molecule has 2 aliphatic rings. The molecule has 1 aromatic carbocycles. The lowest BCUT2D eigenvalue weighted by Crippen LogP contribution is -2.49. The van der Waals surface area contributed by atoms with Crippen LogP contribution < -0.4 is 20.4 Å². The molecule has 6 heterocycles. The number of fused-ring (bicyclic) bond motifs is 1. The number of carboxylic acid groups (broad SMARTS) is 1. The third-order valence-electron chi connectivity index (χ3n) is 8.96. The van der Waals surface area contributed by atoms with Gasteiger partial charge in [0.25, 0.3) is 6.47 Å². The summed E-state index contributed by atoms with van der Waals surface area (Å²) in [6.45, 7) is 3.72. The van der Waals surface area contributed by atoms with Crippen molar-refractivity contribution in [3.63, 3.8) is 0 Å². The lowest BCUT2D eigenvalue weighted by Gasteiger charge is -2.32. The minimum atomic E-state index is -0.465. The maximum Gasteiger partial charge on any atom is 0.290 e. The molecule has 264 valence electrons. The minimum Gasteiger partial charge on any atom is -0.483 e. The molecule has 14 nitrogen and oxygen atoms in total. The molecule has 2 aliphatic heterocycles. The molecule has 2 fully saturated rings. The molecule has 4 aromatic heterocycles. The lowest BCUT2D eigenvalue weighted by atomic mass is 10.0. The highest BCUT2D eigenvalue weighted by Gasteiger charge is 2.30. The number of pyridine rings is 1. The van der Waals surface area contributed by atoms with E-state index in [0.29, 0.717) is 46.6 Å². The van der Waals surface area contributed by atoms with Crippen LogP contribution in [0.1, 0.15) is 36.8 Å². The first kappa shape index (κ1) is 35.3. The van der Waals surface area contributed by atoms with Crippen LogP contribution in [0.2, 0.25) is 0 Å². The monoisotopic (exact) mass is 712 g/mol. The van der Waals surface area contributed by atoms with Crippen LogP contribution in [-0.4, -0.2) is 91.8 Å². The SMILES string of the molecule is CCc1nc2ccc(-c3cnc(N4CCC(NC(=O)[C@H]5C[C@@H](O)CN5)CC4)nc3)cn2c1N(C)c1nc(-c2ccc(F)cc2)c(C#N)s1.O=CO. The van der Waals surface area contributed by atoms with E-state index in [1.165, 1.54) is 23.5 Å². The van der Waals surface area contributed by atoms with E-state index >= 15 is 0 Å². The maximum absolute atomic E-state index is 13.6. The van der Waals surface area contributed by atoms with Crippen LogP contribution in [0.4, 0.5) is 21.3 Å². The summed E-state index contributed by atoms with van der Waals surface area (Å²) in [6, 6.07) is 12.0. The highest BCUT2D eigenvalue weighted by molar-refractivity contribution is 7.16. The predicted molar refractivity (Wildman–Crippen MR) is 190 cm³/mol. The number of carbonyl (C=O) groups excluding carboxylic acids is 1. The Kier molecular flexibility index (Phi) is 10.8. The number of imidazole rings is 1. The first-order valence-electron chi connectivity index (χ1n) is 16.5. The van der Waals surface area contributed by atoms with Crippen LogP contribution in [0.3, 0.4) is 0 Å². The first-order chi connectivity index (χ1) is 24.7. The molecule has 0 aliphatic carbocycles. The zero-order chi connectivity index (χ0) is 36.1. The summed E-state index contributed by atoms with van der Waals surface area (Å²) in [5, 5.41) is 33.3. The second kappa shape index (κ2) is 15.6. The average Bonchev–Trinajstić information content (AvgIpc) is 3.89. The molecule has 5 aromatic rings. The van der Waals surface area contributed by atoms with Crippen molar-refractivity contribution in [1.82, 2.24) is 35.0 Å². The van der Waals surface area contributed by atoms with E-state index in [1.807, 2.05) is 54.0 Å². The van der Waals surface area contributed by atoms with E-state index in [-0.39, 0.29) is 30.3 Å². The van der Waals surface area contributed by atoms with Crippen LogP contribution in [0.15, 0.2) is 55.0 Å². The Morgan fingerprint density at radius 1 is 1.14 bits per heavy atom. The fourth-order valence-corrected chi connectivity index (χ4v) is 7.19. The molecular formula is C35H37FN10O4S. The topological polar surface area (TPSA) is 185 Å². The Balaban J connectivity index is 0.00000144. The van der Waals surface area contributed by atoms with Crippen LogP contribution in [0.25, 0.3) is 28.0 Å². The molecule has 4 N–H and O–H groups in total. The first-order valence-corrected chi connectivity index (χ1v) is 17.3. The van der Waals surface area contributed by atoms with Gasteiger partial charge in [0.1, 0.15) is 33.9 Å². The number of nitriles is 1. The molecular weight excluding hydrogens is 676 g/mol. The van der Waals surface area contributed by atoms with Gasteiger partial charge in [-0.15, -0.1) is 0 Å². The van der Waals surface area contributed by atoms with Gasteiger partial charge in [-0.3, -0.25) is 14.0 Å². The Bertz CT molecular complexity index is 2040. The Hall–Kier alpha value is -5.50. The molecule has 0 spiro atoms. The highest BCUT2D eigenvalue weighted by Crippen LogP contribution is 2.37. The molecule has 0 bridgehead atoms. The van der Waals surface area contributed by atoms with Gasteiger partial charge in [0, 0.05) is 68.0 Å². The number of aryl methyl sites for hydroxylation is 1. The third kappa shape index (κ3) is 7.65. The number of anilines is 3. The summed E-state index contributed by atoms with van der Waals surface area (Å²) in [5.41, 5.74) is 4.63. The van der Waals surface area contributed by atoms with Crippen molar-refractivity contribution < 1.29 is 24.2 Å². The van der Waals surface area contributed by atoms with E-state index in [0.717, 1.165) is 54.2 Å². The smallest absolute Gasteiger partial charge is 0.290 e. The number of carbonyl (C=O) groups is 2. The fraction of sp³-hybridized carbons (Fsp3) is 0.343. The van der Waals surface area contributed by atoms with Crippen molar-refractivity contribution in [2.75, 3.05) is 36.5 Å². The van der Waals surface area contributed by atoms with Crippen molar-refractivity contribution in [1.29, 1.82) is 5.26 Å². The number of thiazole rings is 1. The molecule has 1 amide bonds. The van der Waals surface area contributed by atoms with Gasteiger partial charge in [0.2, 0.25) is 11.9 Å². The molecule has 7 rings (SSSR count). The lowest BCUT2D eigenvalue weighted by molar-refractivity contribution is -0.124. The van der Waals surface area contributed by atoms with E-state index < -0.39 is 6.10 Å². The average molecular weight is 713 g/mol. The van der Waals surface area contributed by atoms with Crippen molar-refractivity contribution in [3.8, 4) is 28.5 Å². The fourth-order valence-electron chi connectivity index (χ4n) is 6.34. The molecule has 0 radical (unpaired) electrons. The summed E-state index contributed by atoms with van der Waals surface area (Å²) in [5.74, 6) is 1.09. The van der Waals surface area contributed by atoms with Gasteiger partial charge in [0.05, 0.1) is 17.8 Å². The number of nitrogens with zero attached hydrogens (tertiary/aromatic N) is 8. The van der Waals surface area contributed by atoms with Crippen LogP contribution in [0.5, 0.6) is 0 Å². The van der Waals surface area contributed by atoms with Crippen LogP contribution in [0, 0.1) is 17.1 Å². The Labute approximate surface area is 297 Å². The number of halogens is 1.